The van der Waals surface area contributed by atoms with Crippen LogP contribution in [0.1, 0.15) is 5.56 Å². The van der Waals surface area contributed by atoms with Crippen LogP contribution in [0.15, 0.2) is 53.7 Å². The van der Waals surface area contributed by atoms with E-state index in [0.717, 1.165) is 0 Å². The molecule has 114 valence electrons. The Bertz CT molecular complexity index is 681. The van der Waals surface area contributed by atoms with Gasteiger partial charge in [0.15, 0.2) is 5.71 Å². The lowest BCUT2D eigenvalue weighted by atomic mass is 10.1. The zero-order valence-corrected chi connectivity index (χ0v) is 12.2. The highest BCUT2D eigenvalue weighted by Gasteiger charge is 2.18. The van der Waals surface area contributed by atoms with Crippen molar-refractivity contribution >= 4 is 11.6 Å². The molecule has 0 atom stereocenters. The monoisotopic (exact) mass is 300 g/mol. The molecule has 6 heteroatoms. The Morgan fingerprint density at radius 2 is 1.82 bits per heavy atom. The summed E-state index contributed by atoms with van der Waals surface area (Å²) in [6, 6.07) is 13.3. The third-order valence-electron chi connectivity index (χ3n) is 2.83. The number of para-hydroxylation sites is 1. The molecule has 0 aliphatic heterocycles. The van der Waals surface area contributed by atoms with Crippen LogP contribution >= 0.6 is 0 Å². The molecule has 2 aromatic carbocycles. The number of ether oxygens (including phenoxy) is 1. The van der Waals surface area contributed by atoms with E-state index in [1.165, 1.54) is 26.3 Å². The molecule has 2 aromatic rings. The average Bonchev–Trinajstić information content (AvgIpc) is 2.55. The number of aromatic hydroxyl groups is 1. The molecule has 0 fully saturated rings. The average molecular weight is 300 g/mol. The normalized spacial score (nSPS) is 10.9. The Morgan fingerprint density at radius 3 is 2.45 bits per heavy atom. The number of nitrogens with one attached hydrogen (secondary N) is 1. The molecule has 0 spiro atoms. The lowest BCUT2D eigenvalue weighted by Crippen LogP contribution is -2.28. The summed E-state index contributed by atoms with van der Waals surface area (Å²) in [5, 5.41) is 15.6. The van der Waals surface area contributed by atoms with Crippen molar-refractivity contribution in [3.8, 4) is 17.2 Å². The Morgan fingerprint density at radius 1 is 1.14 bits per heavy atom. The van der Waals surface area contributed by atoms with E-state index >= 15 is 0 Å². The van der Waals surface area contributed by atoms with E-state index < -0.39 is 0 Å². The van der Waals surface area contributed by atoms with Crippen molar-refractivity contribution in [2.45, 2.75) is 0 Å². The molecule has 0 aromatic heterocycles. The van der Waals surface area contributed by atoms with Crippen molar-refractivity contribution in [3.63, 3.8) is 0 Å². The van der Waals surface area contributed by atoms with Crippen LogP contribution in [0.2, 0.25) is 0 Å². The van der Waals surface area contributed by atoms with E-state index in [9.17, 15) is 9.90 Å². The number of benzene rings is 2. The number of phenolic OH excluding ortho intramolecular Hbond substituents is 1. The van der Waals surface area contributed by atoms with Crippen LogP contribution in [0.25, 0.3) is 0 Å². The van der Waals surface area contributed by atoms with Gasteiger partial charge in [-0.05, 0) is 36.4 Å². The minimum absolute atomic E-state index is 0.111. The Hall–Kier alpha value is -3.02. The van der Waals surface area contributed by atoms with Gasteiger partial charge in [0.1, 0.15) is 24.4 Å². The van der Waals surface area contributed by atoms with Gasteiger partial charge in [0.25, 0.3) is 5.91 Å². The van der Waals surface area contributed by atoms with E-state index in [1.807, 2.05) is 0 Å². The van der Waals surface area contributed by atoms with Crippen LogP contribution in [-0.4, -0.2) is 30.9 Å². The zero-order chi connectivity index (χ0) is 15.9. The van der Waals surface area contributed by atoms with E-state index in [4.69, 9.17) is 9.57 Å². The maximum absolute atomic E-state index is 11.9. The first-order valence-corrected chi connectivity index (χ1v) is 6.55. The van der Waals surface area contributed by atoms with Gasteiger partial charge in [0.05, 0.1) is 5.56 Å². The fourth-order valence-corrected chi connectivity index (χ4v) is 1.82. The van der Waals surface area contributed by atoms with Crippen LogP contribution in [0.4, 0.5) is 0 Å². The molecular formula is C16H16N2O4. The van der Waals surface area contributed by atoms with Crippen molar-refractivity contribution in [2.75, 3.05) is 14.2 Å². The first kappa shape index (κ1) is 15.4. The van der Waals surface area contributed by atoms with Crippen LogP contribution in [0.3, 0.4) is 0 Å². The first-order valence-electron chi connectivity index (χ1n) is 6.55. The number of likely N-dealkylation sites (N-methyl/N-ethyl adjacent to an activating group) is 1. The molecule has 0 heterocycles. The van der Waals surface area contributed by atoms with Crippen molar-refractivity contribution in [3.05, 3.63) is 54.1 Å². The Kier molecular flexibility index (Phi) is 4.98. The van der Waals surface area contributed by atoms with Gasteiger partial charge in [-0.1, -0.05) is 17.3 Å². The SMILES string of the molecule is CNC(=O)C(=NOC)c1ccccc1Oc1ccc(O)cc1. The Balaban J connectivity index is 2.39. The van der Waals surface area contributed by atoms with Crippen molar-refractivity contribution in [2.24, 2.45) is 5.16 Å². The lowest BCUT2D eigenvalue weighted by Gasteiger charge is -2.12. The molecule has 2 rings (SSSR count). The lowest BCUT2D eigenvalue weighted by molar-refractivity contribution is -0.114. The van der Waals surface area contributed by atoms with Crippen molar-refractivity contribution < 1.29 is 19.5 Å². The summed E-state index contributed by atoms with van der Waals surface area (Å²) in [4.78, 5) is 16.7. The van der Waals surface area contributed by atoms with Gasteiger partial charge in [0, 0.05) is 7.05 Å². The van der Waals surface area contributed by atoms with Gasteiger partial charge in [-0.3, -0.25) is 4.79 Å². The molecule has 0 radical (unpaired) electrons. The number of oxime groups is 1. The second-order valence-corrected chi connectivity index (χ2v) is 4.29. The summed E-state index contributed by atoms with van der Waals surface area (Å²) in [5.41, 5.74) is 0.608. The predicted octanol–water partition coefficient (Wildman–Crippen LogP) is 2.28. The molecule has 0 bridgehead atoms. The van der Waals surface area contributed by atoms with E-state index in [-0.39, 0.29) is 17.4 Å². The summed E-state index contributed by atoms with van der Waals surface area (Å²) in [6.07, 6.45) is 0. The van der Waals surface area contributed by atoms with Crippen LogP contribution in [0, 0.1) is 0 Å². The van der Waals surface area contributed by atoms with Gasteiger partial charge < -0.3 is 20.0 Å². The van der Waals surface area contributed by atoms with Crippen LogP contribution in [-0.2, 0) is 9.63 Å². The smallest absolute Gasteiger partial charge is 0.273 e. The summed E-state index contributed by atoms with van der Waals surface area (Å²) < 4.78 is 5.76. The maximum Gasteiger partial charge on any atom is 0.273 e. The second kappa shape index (κ2) is 7.12. The maximum atomic E-state index is 11.9. The molecule has 0 aliphatic rings. The third kappa shape index (κ3) is 3.54. The fourth-order valence-electron chi connectivity index (χ4n) is 1.82. The standard InChI is InChI=1S/C16H16N2O4/c1-17-16(20)15(18-21-2)13-5-3-4-6-14(13)22-12-9-7-11(19)8-10-12/h3-10,19H,1-2H3,(H,17,20). The third-order valence-corrected chi connectivity index (χ3v) is 2.83. The number of rotatable bonds is 5. The van der Waals surface area contributed by atoms with E-state index in [1.54, 1.807) is 36.4 Å². The molecule has 6 nitrogen and oxygen atoms in total. The Labute approximate surface area is 128 Å². The summed E-state index contributed by atoms with van der Waals surface area (Å²) >= 11 is 0. The van der Waals surface area contributed by atoms with Crippen molar-refractivity contribution in [1.29, 1.82) is 0 Å². The van der Waals surface area contributed by atoms with Gasteiger partial charge in [0.2, 0.25) is 0 Å². The van der Waals surface area contributed by atoms with Crippen LogP contribution < -0.4 is 10.1 Å². The summed E-state index contributed by atoms with van der Waals surface area (Å²) in [6.45, 7) is 0. The summed E-state index contributed by atoms with van der Waals surface area (Å²) in [5.74, 6) is 0.739. The minimum atomic E-state index is -0.386. The second-order valence-electron chi connectivity index (χ2n) is 4.29. The number of amides is 1. The molecule has 0 saturated heterocycles. The zero-order valence-electron chi connectivity index (χ0n) is 12.2. The molecule has 22 heavy (non-hydrogen) atoms. The number of phenols is 1. The molecular weight excluding hydrogens is 284 g/mol. The quantitative estimate of drug-likeness (QED) is 0.656. The number of carbonyl (C=O) groups is 1. The largest absolute Gasteiger partial charge is 0.508 e. The molecule has 2 N–H and O–H groups in total. The minimum Gasteiger partial charge on any atom is -0.508 e. The topological polar surface area (TPSA) is 80.2 Å². The van der Waals surface area contributed by atoms with Gasteiger partial charge in [-0.25, -0.2) is 0 Å². The highest BCUT2D eigenvalue weighted by atomic mass is 16.6. The highest BCUT2D eigenvalue weighted by molar-refractivity contribution is 6.45. The van der Waals surface area contributed by atoms with Gasteiger partial charge in [-0.2, -0.15) is 0 Å². The van der Waals surface area contributed by atoms with Gasteiger partial charge in [-0.15, -0.1) is 0 Å². The molecule has 0 unspecified atom stereocenters. The van der Waals surface area contributed by atoms with Crippen LogP contribution in [0.5, 0.6) is 17.2 Å². The fraction of sp³-hybridized carbons (Fsp3) is 0.125. The predicted molar refractivity (Wildman–Crippen MR) is 82.2 cm³/mol. The molecule has 1 amide bonds. The van der Waals surface area contributed by atoms with Crippen molar-refractivity contribution in [1.82, 2.24) is 5.32 Å². The number of nitrogens with zero attached hydrogens (tertiary/aromatic N) is 1. The van der Waals surface area contributed by atoms with E-state index in [0.29, 0.717) is 17.1 Å². The summed E-state index contributed by atoms with van der Waals surface area (Å²) in [7, 11) is 2.88. The highest BCUT2D eigenvalue weighted by Crippen LogP contribution is 2.27. The number of hydrogen-bond acceptors (Lipinski definition) is 5. The number of hydrogen-bond donors (Lipinski definition) is 2. The number of carbonyl (C=O) groups excluding carboxylic acids is 1. The van der Waals surface area contributed by atoms with E-state index in [2.05, 4.69) is 10.5 Å². The molecule has 0 saturated carbocycles. The van der Waals surface area contributed by atoms with Gasteiger partial charge >= 0.3 is 0 Å². The first-order chi connectivity index (χ1) is 10.7. The molecule has 0 aliphatic carbocycles.